The number of rotatable bonds is 2. The Morgan fingerprint density at radius 2 is 1.80 bits per heavy atom. The normalized spacial score (nSPS) is 10.7. The maximum atomic E-state index is 12.2. The number of aryl methyl sites for hydroxylation is 1. The zero-order valence-electron chi connectivity index (χ0n) is 11.4. The highest BCUT2D eigenvalue weighted by atomic mass is 16.4. The van der Waals surface area contributed by atoms with Crippen LogP contribution in [0.1, 0.15) is 5.56 Å². The van der Waals surface area contributed by atoms with Crippen molar-refractivity contribution in [2.24, 2.45) is 0 Å². The van der Waals surface area contributed by atoms with E-state index in [2.05, 4.69) is 5.32 Å². The molecule has 1 aromatic heterocycles. The molecule has 2 aromatic carbocycles. The molecule has 0 amide bonds. The molecule has 3 aromatic rings. The second-order valence-corrected chi connectivity index (χ2v) is 4.78. The highest BCUT2D eigenvalue weighted by molar-refractivity contribution is 5.85. The number of anilines is 1. The summed E-state index contributed by atoms with van der Waals surface area (Å²) in [5.74, 6) is 0. The van der Waals surface area contributed by atoms with Crippen molar-refractivity contribution in [2.45, 2.75) is 6.92 Å². The van der Waals surface area contributed by atoms with Gasteiger partial charge in [0.1, 0.15) is 5.58 Å². The van der Waals surface area contributed by atoms with Crippen molar-refractivity contribution < 1.29 is 4.42 Å². The minimum absolute atomic E-state index is 0.316. The Hall–Kier alpha value is -2.55. The molecule has 3 heteroatoms. The van der Waals surface area contributed by atoms with Crippen LogP contribution in [0.15, 0.2) is 57.7 Å². The summed E-state index contributed by atoms with van der Waals surface area (Å²) in [4.78, 5) is 12.2. The molecule has 0 unspecified atom stereocenters. The van der Waals surface area contributed by atoms with Gasteiger partial charge in [0.25, 0.3) is 0 Å². The topological polar surface area (TPSA) is 42.2 Å². The Morgan fingerprint density at radius 3 is 2.60 bits per heavy atom. The Kier molecular flexibility index (Phi) is 3.03. The SMILES string of the molecule is CNc1cc(C)ccc1-c1cc2ccccc2oc1=O. The summed E-state index contributed by atoms with van der Waals surface area (Å²) >= 11 is 0. The van der Waals surface area contributed by atoms with Crippen molar-refractivity contribution in [2.75, 3.05) is 12.4 Å². The van der Waals surface area contributed by atoms with Crippen molar-refractivity contribution in [3.8, 4) is 11.1 Å². The van der Waals surface area contributed by atoms with Crippen LogP contribution in [0.4, 0.5) is 5.69 Å². The molecule has 0 saturated heterocycles. The fourth-order valence-electron chi connectivity index (χ4n) is 2.35. The lowest BCUT2D eigenvalue weighted by Crippen LogP contribution is -2.04. The highest BCUT2D eigenvalue weighted by Gasteiger charge is 2.11. The van der Waals surface area contributed by atoms with E-state index in [9.17, 15) is 4.79 Å². The summed E-state index contributed by atoms with van der Waals surface area (Å²) in [6, 6.07) is 15.4. The first-order chi connectivity index (χ1) is 9.69. The summed E-state index contributed by atoms with van der Waals surface area (Å²) in [5.41, 5.74) is 3.80. The smallest absolute Gasteiger partial charge is 0.344 e. The number of hydrogen-bond acceptors (Lipinski definition) is 3. The van der Waals surface area contributed by atoms with Gasteiger partial charge in [0, 0.05) is 23.7 Å². The minimum atomic E-state index is -0.316. The third kappa shape index (κ3) is 2.07. The molecule has 100 valence electrons. The molecule has 0 aliphatic heterocycles. The molecular weight excluding hydrogens is 250 g/mol. The molecule has 3 nitrogen and oxygen atoms in total. The van der Waals surface area contributed by atoms with E-state index >= 15 is 0 Å². The van der Waals surface area contributed by atoms with Crippen molar-refractivity contribution in [3.63, 3.8) is 0 Å². The van der Waals surface area contributed by atoms with Gasteiger partial charge in [-0.3, -0.25) is 0 Å². The van der Waals surface area contributed by atoms with Crippen LogP contribution in [0.25, 0.3) is 22.1 Å². The van der Waals surface area contributed by atoms with Gasteiger partial charge in [-0.1, -0.05) is 30.3 Å². The fraction of sp³-hybridized carbons (Fsp3) is 0.118. The quantitative estimate of drug-likeness (QED) is 0.716. The standard InChI is InChI=1S/C17H15NO2/c1-11-7-8-13(15(9-11)18-2)14-10-12-5-3-4-6-16(12)20-17(14)19/h3-10,18H,1-2H3. The first kappa shape index (κ1) is 12.5. The summed E-state index contributed by atoms with van der Waals surface area (Å²) in [5, 5.41) is 4.05. The van der Waals surface area contributed by atoms with E-state index in [-0.39, 0.29) is 5.63 Å². The highest BCUT2D eigenvalue weighted by Crippen LogP contribution is 2.28. The lowest BCUT2D eigenvalue weighted by Gasteiger charge is -2.10. The third-order valence-electron chi connectivity index (χ3n) is 3.38. The van der Waals surface area contributed by atoms with E-state index in [1.807, 2.05) is 56.4 Å². The van der Waals surface area contributed by atoms with Gasteiger partial charge in [-0.25, -0.2) is 4.79 Å². The van der Waals surface area contributed by atoms with Crippen molar-refractivity contribution in [1.82, 2.24) is 0 Å². The Bertz CT molecular complexity index is 834. The predicted molar refractivity (Wildman–Crippen MR) is 82.2 cm³/mol. The van der Waals surface area contributed by atoms with Crippen molar-refractivity contribution >= 4 is 16.7 Å². The third-order valence-corrected chi connectivity index (χ3v) is 3.38. The zero-order valence-corrected chi connectivity index (χ0v) is 11.4. The summed E-state index contributed by atoms with van der Waals surface area (Å²) in [7, 11) is 1.85. The van der Waals surface area contributed by atoms with Crippen LogP contribution in [-0.2, 0) is 0 Å². The number of hydrogen-bond donors (Lipinski definition) is 1. The molecule has 0 spiro atoms. The molecule has 3 rings (SSSR count). The zero-order chi connectivity index (χ0) is 14.1. The monoisotopic (exact) mass is 265 g/mol. The van der Waals surface area contributed by atoms with Crippen LogP contribution in [0.2, 0.25) is 0 Å². The van der Waals surface area contributed by atoms with Crippen LogP contribution >= 0.6 is 0 Å². The summed E-state index contributed by atoms with van der Waals surface area (Å²) < 4.78 is 5.39. The van der Waals surface area contributed by atoms with E-state index in [0.29, 0.717) is 11.1 Å². The number of benzene rings is 2. The molecular formula is C17H15NO2. The molecule has 1 N–H and O–H groups in total. The molecule has 0 atom stereocenters. The Balaban J connectivity index is 2.29. The molecule has 0 bridgehead atoms. The molecule has 20 heavy (non-hydrogen) atoms. The van der Waals surface area contributed by atoms with Gasteiger partial charge in [0.2, 0.25) is 0 Å². The van der Waals surface area contributed by atoms with Gasteiger partial charge < -0.3 is 9.73 Å². The number of nitrogens with one attached hydrogen (secondary N) is 1. The Morgan fingerprint density at radius 1 is 1.00 bits per heavy atom. The fourth-order valence-corrected chi connectivity index (χ4v) is 2.35. The van der Waals surface area contributed by atoms with E-state index in [0.717, 1.165) is 22.2 Å². The predicted octanol–water partition coefficient (Wildman–Crippen LogP) is 3.81. The molecule has 0 aliphatic rings. The minimum Gasteiger partial charge on any atom is -0.422 e. The second kappa shape index (κ2) is 4.85. The number of fused-ring (bicyclic) bond motifs is 1. The van der Waals surface area contributed by atoms with Gasteiger partial charge in [-0.15, -0.1) is 0 Å². The van der Waals surface area contributed by atoms with E-state index in [1.54, 1.807) is 6.07 Å². The molecule has 0 saturated carbocycles. The summed E-state index contributed by atoms with van der Waals surface area (Å²) in [6.07, 6.45) is 0. The molecule has 0 aliphatic carbocycles. The van der Waals surface area contributed by atoms with Crippen LogP contribution in [0, 0.1) is 6.92 Å². The van der Waals surface area contributed by atoms with Crippen LogP contribution < -0.4 is 10.9 Å². The maximum absolute atomic E-state index is 12.2. The van der Waals surface area contributed by atoms with Gasteiger partial charge in [0.05, 0.1) is 5.56 Å². The van der Waals surface area contributed by atoms with Crippen LogP contribution in [-0.4, -0.2) is 7.05 Å². The summed E-state index contributed by atoms with van der Waals surface area (Å²) in [6.45, 7) is 2.02. The first-order valence-electron chi connectivity index (χ1n) is 6.51. The lowest BCUT2D eigenvalue weighted by molar-refractivity contribution is 0.563. The molecule has 0 radical (unpaired) electrons. The lowest BCUT2D eigenvalue weighted by atomic mass is 10.0. The van der Waals surface area contributed by atoms with Gasteiger partial charge in [-0.2, -0.15) is 0 Å². The van der Waals surface area contributed by atoms with Gasteiger partial charge in [0.15, 0.2) is 0 Å². The maximum Gasteiger partial charge on any atom is 0.344 e. The first-order valence-corrected chi connectivity index (χ1v) is 6.51. The van der Waals surface area contributed by atoms with Crippen LogP contribution in [0.3, 0.4) is 0 Å². The largest absolute Gasteiger partial charge is 0.422 e. The van der Waals surface area contributed by atoms with Gasteiger partial charge >= 0.3 is 5.63 Å². The molecule has 1 heterocycles. The van der Waals surface area contributed by atoms with E-state index < -0.39 is 0 Å². The average molecular weight is 265 g/mol. The van der Waals surface area contributed by atoms with Crippen LogP contribution in [0.5, 0.6) is 0 Å². The van der Waals surface area contributed by atoms with Crippen molar-refractivity contribution in [3.05, 3.63) is 64.5 Å². The Labute approximate surface area is 116 Å². The average Bonchev–Trinajstić information content (AvgIpc) is 2.46. The molecule has 0 fully saturated rings. The van der Waals surface area contributed by atoms with E-state index in [4.69, 9.17) is 4.42 Å². The van der Waals surface area contributed by atoms with Gasteiger partial charge in [-0.05, 0) is 30.7 Å². The van der Waals surface area contributed by atoms with Crippen molar-refractivity contribution in [1.29, 1.82) is 0 Å². The van der Waals surface area contributed by atoms with E-state index in [1.165, 1.54) is 0 Å². The second-order valence-electron chi connectivity index (χ2n) is 4.78. The number of para-hydroxylation sites is 1.